The maximum atomic E-state index is 14.3. The molecule has 198 valence electrons. The minimum absolute atomic E-state index is 0. The van der Waals surface area contributed by atoms with Crippen LogP contribution >= 0.6 is 0 Å². The van der Waals surface area contributed by atoms with Crippen LogP contribution in [0.15, 0.2) is 54.7 Å². The van der Waals surface area contributed by atoms with Crippen LogP contribution in [0.4, 0.5) is 5.82 Å². The average Bonchev–Trinajstić information content (AvgIpc) is 3.23. The number of aromatic nitrogens is 2. The van der Waals surface area contributed by atoms with E-state index < -0.39 is 5.54 Å². The fourth-order valence-electron chi connectivity index (χ4n) is 6.23. The standard InChI is InChI=1S/C31H40N3O2.ClH/c1-31(2,3)34(30(36)25-19-11-6-12-20-25)28-27(23-15-7-4-8-16-23)33(26-21-13-14-22-32(26)28)29(35)24-17-9-5-10-18-24;/h4,7-8,13-16,21-22,24-25H,5-6,9-12,17-20H2,1-3H3;1H/q+1;/p-1. The summed E-state index contributed by atoms with van der Waals surface area (Å²) < 4.78 is 4.00. The zero-order chi connectivity index (χ0) is 25.3. The highest BCUT2D eigenvalue weighted by atomic mass is 35.5. The number of hydrogen-bond acceptors (Lipinski definition) is 2. The summed E-state index contributed by atoms with van der Waals surface area (Å²) in [6, 6.07) is 16.2. The van der Waals surface area contributed by atoms with Crippen LogP contribution in [-0.2, 0) is 4.79 Å². The maximum absolute atomic E-state index is 14.3. The molecule has 2 saturated carbocycles. The molecule has 0 unspecified atom stereocenters. The molecule has 1 aromatic carbocycles. The lowest BCUT2D eigenvalue weighted by Crippen LogP contribution is -3.00. The summed E-state index contributed by atoms with van der Waals surface area (Å²) in [6.45, 7) is 6.33. The summed E-state index contributed by atoms with van der Waals surface area (Å²) in [5.41, 5.74) is 2.17. The van der Waals surface area contributed by atoms with Gasteiger partial charge in [0.2, 0.25) is 5.65 Å². The largest absolute Gasteiger partial charge is 1.00 e. The summed E-state index contributed by atoms with van der Waals surface area (Å²) in [6.07, 6.45) is 12.6. The van der Waals surface area contributed by atoms with Gasteiger partial charge in [-0.3, -0.25) is 9.59 Å². The molecule has 5 rings (SSSR count). The topological polar surface area (TPSA) is 46.4 Å². The number of fused-ring (bicyclic) bond motifs is 1. The van der Waals surface area contributed by atoms with E-state index in [1.165, 1.54) is 12.8 Å². The van der Waals surface area contributed by atoms with Crippen LogP contribution in [0, 0.1) is 11.8 Å². The van der Waals surface area contributed by atoms with Crippen LogP contribution in [0.3, 0.4) is 0 Å². The molecular weight excluding hydrogens is 482 g/mol. The number of hydrogen-bond donors (Lipinski definition) is 0. The van der Waals surface area contributed by atoms with E-state index in [0.717, 1.165) is 74.1 Å². The summed E-state index contributed by atoms with van der Waals surface area (Å²) in [4.78, 5) is 30.5. The molecule has 2 aliphatic rings. The molecule has 0 bridgehead atoms. The van der Waals surface area contributed by atoms with E-state index in [2.05, 4.69) is 37.3 Å². The summed E-state index contributed by atoms with van der Waals surface area (Å²) >= 11 is 0. The first-order valence-corrected chi connectivity index (χ1v) is 13.9. The molecule has 0 N–H and O–H groups in total. The van der Waals surface area contributed by atoms with Crippen molar-refractivity contribution in [2.24, 2.45) is 11.8 Å². The van der Waals surface area contributed by atoms with Crippen LogP contribution in [0.2, 0.25) is 0 Å². The van der Waals surface area contributed by atoms with E-state index >= 15 is 0 Å². The predicted octanol–water partition coefficient (Wildman–Crippen LogP) is 3.83. The number of anilines is 1. The molecule has 0 atom stereocenters. The van der Waals surface area contributed by atoms with E-state index in [1.807, 2.05) is 52.1 Å². The molecule has 0 radical (unpaired) electrons. The van der Waals surface area contributed by atoms with Crippen molar-refractivity contribution in [2.45, 2.75) is 90.5 Å². The third-order valence-corrected chi connectivity index (χ3v) is 8.01. The molecule has 3 aromatic rings. The Labute approximate surface area is 227 Å². The van der Waals surface area contributed by atoms with Gasteiger partial charge in [-0.1, -0.05) is 74.9 Å². The van der Waals surface area contributed by atoms with Gasteiger partial charge in [0.15, 0.2) is 5.69 Å². The smallest absolute Gasteiger partial charge is 0.290 e. The molecule has 1 amide bonds. The van der Waals surface area contributed by atoms with Gasteiger partial charge < -0.3 is 12.4 Å². The molecule has 2 aliphatic carbocycles. The van der Waals surface area contributed by atoms with Gasteiger partial charge in [0.1, 0.15) is 0 Å². The number of amides is 1. The summed E-state index contributed by atoms with van der Waals surface area (Å²) in [7, 11) is 0. The second-order valence-electron chi connectivity index (χ2n) is 11.7. The lowest BCUT2D eigenvalue weighted by atomic mass is 9.87. The van der Waals surface area contributed by atoms with Crippen molar-refractivity contribution < 1.29 is 26.4 Å². The van der Waals surface area contributed by atoms with Gasteiger partial charge in [0.25, 0.3) is 17.6 Å². The normalized spacial score (nSPS) is 17.4. The Bertz CT molecular complexity index is 1230. The SMILES string of the molecule is CC(C)(C)N(C(=O)C1CCCCC1)c1c(-c2ccccc2)n(C(=O)C2CCCCC2)c2cccc[n+]12.[Cl-]. The van der Waals surface area contributed by atoms with Gasteiger partial charge in [-0.15, -0.1) is 0 Å². The molecule has 2 fully saturated rings. The van der Waals surface area contributed by atoms with Crippen molar-refractivity contribution in [3.8, 4) is 11.3 Å². The highest BCUT2D eigenvalue weighted by Gasteiger charge is 2.45. The molecule has 6 heteroatoms. The Kier molecular flexibility index (Phi) is 8.42. The van der Waals surface area contributed by atoms with Gasteiger partial charge in [-0.05, 0) is 52.5 Å². The highest BCUT2D eigenvalue weighted by molar-refractivity contribution is 6.00. The van der Waals surface area contributed by atoms with E-state index in [9.17, 15) is 9.59 Å². The average molecular weight is 522 g/mol. The molecule has 0 aliphatic heterocycles. The first kappa shape index (κ1) is 27.4. The minimum Gasteiger partial charge on any atom is -1.00 e. The quantitative estimate of drug-likeness (QED) is 0.490. The summed E-state index contributed by atoms with van der Waals surface area (Å²) in [5, 5.41) is 0. The molecule has 2 heterocycles. The number of halogens is 1. The minimum atomic E-state index is -0.450. The monoisotopic (exact) mass is 521 g/mol. The van der Waals surface area contributed by atoms with Crippen molar-refractivity contribution in [1.82, 2.24) is 4.57 Å². The Hall–Kier alpha value is -2.66. The molecule has 0 saturated heterocycles. The summed E-state index contributed by atoms with van der Waals surface area (Å²) in [5.74, 6) is 1.19. The first-order chi connectivity index (χ1) is 17.4. The third kappa shape index (κ3) is 5.34. The van der Waals surface area contributed by atoms with Gasteiger partial charge in [-0.25, -0.2) is 9.30 Å². The number of carbonyl (C=O) groups excluding carboxylic acids is 2. The fraction of sp³-hybridized carbons (Fsp3) is 0.516. The lowest BCUT2D eigenvalue weighted by Gasteiger charge is -2.34. The van der Waals surface area contributed by atoms with Gasteiger partial charge in [0, 0.05) is 11.6 Å². The number of carbonyl (C=O) groups is 2. The van der Waals surface area contributed by atoms with E-state index in [1.54, 1.807) is 0 Å². The van der Waals surface area contributed by atoms with Crippen LogP contribution in [-0.4, -0.2) is 21.9 Å². The van der Waals surface area contributed by atoms with Crippen LogP contribution in [0.1, 0.15) is 89.8 Å². The molecule has 5 nitrogen and oxygen atoms in total. The van der Waals surface area contributed by atoms with Crippen LogP contribution in [0.25, 0.3) is 16.9 Å². The first-order valence-electron chi connectivity index (χ1n) is 13.9. The lowest BCUT2D eigenvalue weighted by molar-refractivity contribution is -0.497. The second-order valence-corrected chi connectivity index (χ2v) is 11.7. The van der Waals surface area contributed by atoms with Crippen LogP contribution in [0.5, 0.6) is 0 Å². The number of nitrogens with zero attached hydrogens (tertiary/aromatic N) is 3. The Morgan fingerprint density at radius 2 is 1.38 bits per heavy atom. The maximum Gasteiger partial charge on any atom is 0.290 e. The third-order valence-electron chi connectivity index (χ3n) is 8.01. The van der Waals surface area contributed by atoms with Crippen molar-refractivity contribution in [2.75, 3.05) is 4.90 Å². The molecule has 2 aromatic heterocycles. The molecular formula is C31H40ClN3O2. The Morgan fingerprint density at radius 1 is 0.811 bits per heavy atom. The fourth-order valence-corrected chi connectivity index (χ4v) is 6.23. The molecule has 0 spiro atoms. The Balaban J connectivity index is 0.00000320. The van der Waals surface area contributed by atoms with Crippen molar-refractivity contribution in [3.63, 3.8) is 0 Å². The van der Waals surface area contributed by atoms with Gasteiger partial charge in [-0.2, -0.15) is 4.57 Å². The zero-order valence-corrected chi connectivity index (χ0v) is 23.2. The number of pyridine rings is 1. The number of rotatable bonds is 4. The zero-order valence-electron chi connectivity index (χ0n) is 22.5. The Morgan fingerprint density at radius 3 is 1.97 bits per heavy atom. The van der Waals surface area contributed by atoms with Crippen LogP contribution < -0.4 is 21.7 Å². The number of imidazole rings is 1. The van der Waals surface area contributed by atoms with E-state index in [0.29, 0.717) is 0 Å². The van der Waals surface area contributed by atoms with Crippen molar-refractivity contribution in [3.05, 3.63) is 54.7 Å². The second kappa shape index (κ2) is 11.4. The van der Waals surface area contributed by atoms with Gasteiger partial charge in [0.05, 0.1) is 23.6 Å². The van der Waals surface area contributed by atoms with Crippen molar-refractivity contribution in [1.29, 1.82) is 0 Å². The van der Waals surface area contributed by atoms with Gasteiger partial charge >= 0.3 is 0 Å². The van der Waals surface area contributed by atoms with E-state index in [-0.39, 0.29) is 36.1 Å². The number of benzene rings is 1. The van der Waals surface area contributed by atoms with Crippen molar-refractivity contribution >= 4 is 23.3 Å². The molecule has 37 heavy (non-hydrogen) atoms. The predicted molar refractivity (Wildman–Crippen MR) is 144 cm³/mol. The highest BCUT2D eigenvalue weighted by Crippen LogP contribution is 2.38. The van der Waals surface area contributed by atoms with E-state index in [4.69, 9.17) is 0 Å².